The fraction of sp³-hybridized carbons (Fsp3) is 0.500. The number of nitrogens with two attached hydrogens (primary N) is 1. The van der Waals surface area contributed by atoms with Crippen molar-refractivity contribution in [3.8, 4) is 0 Å². The summed E-state index contributed by atoms with van der Waals surface area (Å²) < 4.78 is 0. The summed E-state index contributed by atoms with van der Waals surface area (Å²) in [7, 11) is 0. The van der Waals surface area contributed by atoms with Crippen LogP contribution in [0.3, 0.4) is 0 Å². The molecule has 1 amide bonds. The molecule has 1 aromatic rings. The molecular formula is C16H22N2O3. The topological polar surface area (TPSA) is 72.6 Å². The highest BCUT2D eigenvalue weighted by Crippen LogP contribution is 2.32. The van der Waals surface area contributed by atoms with E-state index in [9.17, 15) is 9.59 Å². The first-order valence-electron chi connectivity index (χ1n) is 7.38. The monoisotopic (exact) mass is 290 g/mol. The summed E-state index contributed by atoms with van der Waals surface area (Å²) in [4.78, 5) is 29.3. The fourth-order valence-corrected chi connectivity index (χ4v) is 2.64. The highest BCUT2D eigenvalue weighted by atomic mass is 16.7. The van der Waals surface area contributed by atoms with Crippen LogP contribution >= 0.6 is 0 Å². The number of amides is 1. The van der Waals surface area contributed by atoms with E-state index in [1.165, 1.54) is 6.92 Å². The minimum Gasteiger partial charge on any atom is -0.333 e. The van der Waals surface area contributed by atoms with E-state index in [1.54, 1.807) is 6.07 Å². The Hall–Kier alpha value is -1.88. The van der Waals surface area contributed by atoms with Gasteiger partial charge in [-0.3, -0.25) is 4.79 Å². The third-order valence-electron chi connectivity index (χ3n) is 3.86. The van der Waals surface area contributed by atoms with Crippen molar-refractivity contribution in [1.29, 1.82) is 0 Å². The van der Waals surface area contributed by atoms with Gasteiger partial charge in [-0.25, -0.2) is 4.79 Å². The molecule has 1 aliphatic rings. The predicted molar refractivity (Wildman–Crippen MR) is 80.5 cm³/mol. The number of aryl methyl sites for hydroxylation is 1. The maximum Gasteiger partial charge on any atom is 0.330 e. The molecule has 0 aliphatic carbocycles. The molecule has 21 heavy (non-hydrogen) atoms. The summed E-state index contributed by atoms with van der Waals surface area (Å²) in [6, 6.07) is 7.44. The fourth-order valence-electron chi connectivity index (χ4n) is 2.64. The van der Waals surface area contributed by atoms with Crippen molar-refractivity contribution >= 4 is 17.6 Å². The van der Waals surface area contributed by atoms with Gasteiger partial charge in [0.1, 0.15) is 0 Å². The number of hydrogen-bond acceptors (Lipinski definition) is 4. The van der Waals surface area contributed by atoms with Crippen LogP contribution in [0.2, 0.25) is 0 Å². The summed E-state index contributed by atoms with van der Waals surface area (Å²) in [5.41, 5.74) is 6.95. The summed E-state index contributed by atoms with van der Waals surface area (Å²) in [6.07, 6.45) is 3.67. The van der Waals surface area contributed by atoms with Gasteiger partial charge in [-0.05, 0) is 30.9 Å². The zero-order valence-corrected chi connectivity index (χ0v) is 12.6. The van der Waals surface area contributed by atoms with Gasteiger partial charge in [-0.15, -0.1) is 5.06 Å². The lowest BCUT2D eigenvalue weighted by molar-refractivity contribution is -0.150. The SMILES string of the molecule is CCCC[C@]1(N)CCc2ccccc2N(OC(C)=O)C1=O. The smallest absolute Gasteiger partial charge is 0.330 e. The van der Waals surface area contributed by atoms with Gasteiger partial charge in [0.05, 0.1) is 11.2 Å². The standard InChI is InChI=1S/C16H22N2O3/c1-3-4-10-16(17)11-9-13-7-5-6-8-14(13)18(15(16)20)21-12(2)19/h5-8H,3-4,9-11,17H2,1-2H3/t16-/m0/s1. The Morgan fingerprint density at radius 3 is 2.81 bits per heavy atom. The Kier molecular flexibility index (Phi) is 4.63. The molecule has 5 nitrogen and oxygen atoms in total. The minimum atomic E-state index is -0.982. The summed E-state index contributed by atoms with van der Waals surface area (Å²) in [5, 5.41) is 1.08. The quantitative estimate of drug-likeness (QED) is 0.923. The first-order chi connectivity index (χ1) is 9.98. The Morgan fingerprint density at radius 1 is 1.43 bits per heavy atom. The Morgan fingerprint density at radius 2 is 2.14 bits per heavy atom. The lowest BCUT2D eigenvalue weighted by Gasteiger charge is -2.30. The molecule has 1 aliphatic heterocycles. The number of carbonyl (C=O) groups excluding carboxylic acids is 2. The normalized spacial score (nSPS) is 21.7. The van der Waals surface area contributed by atoms with E-state index < -0.39 is 11.5 Å². The molecule has 0 saturated carbocycles. The highest BCUT2D eigenvalue weighted by Gasteiger charge is 2.42. The van der Waals surface area contributed by atoms with E-state index in [0.717, 1.165) is 23.5 Å². The summed E-state index contributed by atoms with van der Waals surface area (Å²) >= 11 is 0. The first kappa shape index (κ1) is 15.5. The molecule has 0 radical (unpaired) electrons. The molecule has 0 fully saturated rings. The van der Waals surface area contributed by atoms with Gasteiger partial charge in [-0.1, -0.05) is 38.0 Å². The van der Waals surface area contributed by atoms with Crippen molar-refractivity contribution in [1.82, 2.24) is 0 Å². The number of benzene rings is 1. The van der Waals surface area contributed by atoms with Crippen molar-refractivity contribution in [2.45, 2.75) is 51.5 Å². The number of unbranched alkanes of at least 4 members (excludes halogenated alkanes) is 1. The van der Waals surface area contributed by atoms with E-state index in [1.807, 2.05) is 18.2 Å². The van der Waals surface area contributed by atoms with Crippen molar-refractivity contribution in [3.63, 3.8) is 0 Å². The third kappa shape index (κ3) is 3.24. The van der Waals surface area contributed by atoms with Gasteiger partial charge in [0, 0.05) is 6.92 Å². The molecule has 0 bridgehead atoms. The van der Waals surface area contributed by atoms with Crippen molar-refractivity contribution in [2.24, 2.45) is 5.73 Å². The van der Waals surface area contributed by atoms with Gasteiger partial charge in [-0.2, -0.15) is 0 Å². The molecule has 2 N–H and O–H groups in total. The van der Waals surface area contributed by atoms with Gasteiger partial charge in [0.25, 0.3) is 5.91 Å². The zero-order valence-electron chi connectivity index (χ0n) is 12.6. The van der Waals surface area contributed by atoms with E-state index in [0.29, 0.717) is 24.9 Å². The molecule has 0 unspecified atom stereocenters. The number of hydroxylamine groups is 1. The molecule has 1 heterocycles. The average molecular weight is 290 g/mol. The molecule has 0 spiro atoms. The number of hydrogen-bond donors (Lipinski definition) is 1. The second-order valence-corrected chi connectivity index (χ2v) is 5.57. The van der Waals surface area contributed by atoms with Crippen LogP contribution in [0.15, 0.2) is 24.3 Å². The van der Waals surface area contributed by atoms with E-state index in [2.05, 4.69) is 6.92 Å². The average Bonchev–Trinajstić information content (AvgIpc) is 2.56. The maximum absolute atomic E-state index is 12.8. The number of nitrogens with zero attached hydrogens (tertiary/aromatic N) is 1. The van der Waals surface area contributed by atoms with Crippen molar-refractivity contribution < 1.29 is 14.4 Å². The molecule has 1 aromatic carbocycles. The van der Waals surface area contributed by atoms with Crippen LogP contribution in [0.25, 0.3) is 0 Å². The van der Waals surface area contributed by atoms with Crippen LogP contribution in [0.1, 0.15) is 45.1 Å². The van der Waals surface area contributed by atoms with Crippen LogP contribution in [-0.2, 0) is 20.8 Å². The predicted octanol–water partition coefficient (Wildman–Crippen LogP) is 2.33. The first-order valence-corrected chi connectivity index (χ1v) is 7.38. The van der Waals surface area contributed by atoms with Crippen LogP contribution in [0.5, 0.6) is 0 Å². The molecule has 5 heteroatoms. The summed E-state index contributed by atoms with van der Waals surface area (Å²) in [5.74, 6) is -0.867. The van der Waals surface area contributed by atoms with Crippen LogP contribution < -0.4 is 10.8 Å². The molecule has 1 atom stereocenters. The van der Waals surface area contributed by atoms with E-state index in [4.69, 9.17) is 10.6 Å². The maximum atomic E-state index is 12.8. The molecule has 0 aromatic heterocycles. The Balaban J connectivity index is 2.40. The number of anilines is 1. The number of para-hydroxylation sites is 1. The van der Waals surface area contributed by atoms with E-state index in [-0.39, 0.29) is 5.91 Å². The minimum absolute atomic E-state index is 0.337. The highest BCUT2D eigenvalue weighted by molar-refractivity contribution is 6.01. The van der Waals surface area contributed by atoms with Gasteiger partial charge in [0.15, 0.2) is 0 Å². The number of fused-ring (bicyclic) bond motifs is 1. The van der Waals surface area contributed by atoms with Crippen molar-refractivity contribution in [3.05, 3.63) is 29.8 Å². The second-order valence-electron chi connectivity index (χ2n) is 5.57. The molecule has 2 rings (SSSR count). The Labute approximate surface area is 125 Å². The van der Waals surface area contributed by atoms with Crippen LogP contribution in [0, 0.1) is 0 Å². The second kappa shape index (κ2) is 6.26. The largest absolute Gasteiger partial charge is 0.333 e. The van der Waals surface area contributed by atoms with Crippen LogP contribution in [-0.4, -0.2) is 17.4 Å². The molecule has 0 saturated heterocycles. The number of carbonyl (C=O) groups is 2. The van der Waals surface area contributed by atoms with Crippen molar-refractivity contribution in [2.75, 3.05) is 5.06 Å². The molecular weight excluding hydrogens is 268 g/mol. The number of rotatable bonds is 4. The zero-order chi connectivity index (χ0) is 15.5. The van der Waals surface area contributed by atoms with Gasteiger partial charge in [0.2, 0.25) is 0 Å². The lowest BCUT2D eigenvalue weighted by Crippen LogP contribution is -2.55. The van der Waals surface area contributed by atoms with Crippen LogP contribution in [0.4, 0.5) is 5.69 Å². The summed E-state index contributed by atoms with van der Waals surface area (Å²) in [6.45, 7) is 3.34. The lowest BCUT2D eigenvalue weighted by atomic mass is 9.87. The third-order valence-corrected chi connectivity index (χ3v) is 3.86. The van der Waals surface area contributed by atoms with Gasteiger partial charge < -0.3 is 10.6 Å². The van der Waals surface area contributed by atoms with Gasteiger partial charge >= 0.3 is 5.97 Å². The molecule has 114 valence electrons. The Bertz CT molecular complexity index is 544. The van der Waals surface area contributed by atoms with E-state index >= 15 is 0 Å².